The second kappa shape index (κ2) is 8.13. The van der Waals surface area contributed by atoms with Gasteiger partial charge in [0.25, 0.3) is 0 Å². The summed E-state index contributed by atoms with van der Waals surface area (Å²) >= 11 is 0. The Morgan fingerprint density at radius 1 is 1.05 bits per heavy atom. The fraction of sp³-hybridized carbons (Fsp3) is 0.250. The molecule has 1 N–H and O–H groups in total. The third kappa shape index (κ3) is 4.33. The zero-order chi connectivity index (χ0) is 15.5. The molecule has 0 aliphatic rings. The largest absolute Gasteiger partial charge is 1.00 e. The Labute approximate surface area is 153 Å². The van der Waals surface area contributed by atoms with Crippen molar-refractivity contribution in [1.29, 1.82) is 0 Å². The average molecular weight is 328 g/mol. The van der Waals surface area contributed by atoms with Crippen LogP contribution in [0, 0.1) is 0 Å². The van der Waals surface area contributed by atoms with E-state index in [2.05, 4.69) is 6.92 Å². The first kappa shape index (κ1) is 19.2. The van der Waals surface area contributed by atoms with Gasteiger partial charge in [-0.05, 0) is 30.0 Å². The topological polar surface area (TPSA) is 77.4 Å². The number of aromatic hydroxyl groups is 1. The van der Waals surface area contributed by atoms with Gasteiger partial charge in [-0.3, -0.25) is 0 Å². The van der Waals surface area contributed by atoms with Crippen LogP contribution in [-0.2, 0) is 16.5 Å². The minimum absolute atomic E-state index is 0. The predicted molar refractivity (Wildman–Crippen MR) is 80.1 cm³/mol. The van der Waals surface area contributed by atoms with Gasteiger partial charge in [-0.15, -0.1) is 0 Å². The summed E-state index contributed by atoms with van der Waals surface area (Å²) in [6.45, 7) is 2.07. The second-order valence-corrected chi connectivity index (χ2v) is 6.19. The molecule has 0 unspecified atom stereocenters. The van der Waals surface area contributed by atoms with E-state index in [9.17, 15) is 18.1 Å². The Morgan fingerprint density at radius 3 is 2.32 bits per heavy atom. The van der Waals surface area contributed by atoms with Crippen molar-refractivity contribution >= 4 is 10.1 Å². The van der Waals surface area contributed by atoms with E-state index in [0.29, 0.717) is 5.56 Å². The Kier molecular flexibility index (Phi) is 7.09. The van der Waals surface area contributed by atoms with Crippen molar-refractivity contribution in [2.45, 2.75) is 31.1 Å². The molecule has 0 aromatic heterocycles. The van der Waals surface area contributed by atoms with E-state index in [-0.39, 0.29) is 35.1 Å². The van der Waals surface area contributed by atoms with Gasteiger partial charge in [0.05, 0.1) is 0 Å². The Morgan fingerprint density at radius 2 is 1.68 bits per heavy atom. The first-order valence-electron chi connectivity index (χ1n) is 6.81. The van der Waals surface area contributed by atoms with E-state index in [1.54, 1.807) is 18.2 Å². The molecule has 2 aromatic carbocycles. The van der Waals surface area contributed by atoms with Crippen LogP contribution >= 0.6 is 0 Å². The zero-order valence-electron chi connectivity index (χ0n) is 12.7. The number of hydrogen-bond acceptors (Lipinski definition) is 4. The van der Waals surface area contributed by atoms with Gasteiger partial charge in [0.15, 0.2) is 0 Å². The van der Waals surface area contributed by atoms with Crippen molar-refractivity contribution in [2.75, 3.05) is 0 Å². The number of hydrogen-bond donors (Lipinski definition) is 1. The summed E-state index contributed by atoms with van der Waals surface area (Å²) in [5.41, 5.74) is 1.91. The molecule has 0 atom stereocenters. The minimum atomic E-state index is -4.75. The summed E-state index contributed by atoms with van der Waals surface area (Å²) in [6.07, 6.45) is 2.77. The third-order valence-electron chi connectivity index (χ3n) is 3.35. The summed E-state index contributed by atoms with van der Waals surface area (Å²) in [7, 11) is -4.75. The number of phenolic OH excluding ortho intramolecular Hbond substituents is 1. The quantitative estimate of drug-likeness (QED) is 0.633. The average Bonchev–Trinajstić information content (AvgIpc) is 2.44. The van der Waals surface area contributed by atoms with Crippen molar-refractivity contribution in [3.63, 3.8) is 0 Å². The SMILES string of the molecule is CCCCc1ccccc1-c1cccc(O)c1S(=O)(=O)[O-].[Na+]. The first-order valence-corrected chi connectivity index (χ1v) is 8.22. The molecule has 0 aliphatic heterocycles. The molecule has 0 bridgehead atoms. The normalized spacial score (nSPS) is 11.0. The van der Waals surface area contributed by atoms with E-state index < -0.39 is 20.8 Å². The van der Waals surface area contributed by atoms with Crippen molar-refractivity contribution in [3.05, 3.63) is 48.0 Å². The second-order valence-electron chi connectivity index (χ2n) is 4.87. The molecule has 4 nitrogen and oxygen atoms in total. The maximum atomic E-state index is 11.5. The molecule has 6 heteroatoms. The summed E-state index contributed by atoms with van der Waals surface area (Å²) in [5, 5.41) is 9.78. The standard InChI is InChI=1S/C16H18O4S.Na/c1-2-3-7-12-8-4-5-9-13(12)14-10-6-11-15(17)16(14)21(18,19)20;/h4-6,8-11,17H,2-3,7H2,1H3,(H,18,19,20);/q;+1/p-1. The number of rotatable bonds is 5. The molecule has 112 valence electrons. The zero-order valence-corrected chi connectivity index (χ0v) is 15.6. The van der Waals surface area contributed by atoms with Gasteiger partial charge in [-0.2, -0.15) is 0 Å². The van der Waals surface area contributed by atoms with E-state index in [0.717, 1.165) is 24.8 Å². The molecule has 22 heavy (non-hydrogen) atoms. The van der Waals surface area contributed by atoms with Crippen LogP contribution < -0.4 is 29.6 Å². The van der Waals surface area contributed by atoms with Crippen LogP contribution in [0.1, 0.15) is 25.3 Å². The Bertz CT molecular complexity index is 742. The molecule has 0 fully saturated rings. The van der Waals surface area contributed by atoms with Crippen LogP contribution in [0.25, 0.3) is 11.1 Å². The van der Waals surface area contributed by atoms with Gasteiger partial charge in [0, 0.05) is 5.56 Å². The van der Waals surface area contributed by atoms with Crippen LogP contribution in [0.2, 0.25) is 0 Å². The summed E-state index contributed by atoms with van der Waals surface area (Å²) in [4.78, 5) is -0.547. The first-order chi connectivity index (χ1) is 9.95. The molecule has 0 radical (unpaired) electrons. The van der Waals surface area contributed by atoms with E-state index in [4.69, 9.17) is 0 Å². The minimum Gasteiger partial charge on any atom is -0.744 e. The monoisotopic (exact) mass is 328 g/mol. The van der Waals surface area contributed by atoms with Gasteiger partial charge in [-0.25, -0.2) is 8.42 Å². The molecule has 0 amide bonds. The fourth-order valence-corrected chi connectivity index (χ4v) is 3.14. The molecule has 2 rings (SSSR count). The molecular weight excluding hydrogens is 311 g/mol. The fourth-order valence-electron chi connectivity index (χ4n) is 2.37. The number of benzene rings is 2. The predicted octanol–water partition coefficient (Wildman–Crippen LogP) is 0.310. The van der Waals surface area contributed by atoms with E-state index in [1.165, 1.54) is 12.1 Å². The summed E-state index contributed by atoms with van der Waals surface area (Å²) in [6, 6.07) is 11.7. The molecule has 2 aromatic rings. The van der Waals surface area contributed by atoms with Crippen LogP contribution in [0.15, 0.2) is 47.4 Å². The van der Waals surface area contributed by atoms with Crippen LogP contribution in [0.4, 0.5) is 0 Å². The molecular formula is C16H17NaO4S. The maximum absolute atomic E-state index is 11.5. The van der Waals surface area contributed by atoms with E-state index in [1.807, 2.05) is 12.1 Å². The third-order valence-corrected chi connectivity index (χ3v) is 4.28. The van der Waals surface area contributed by atoms with Crippen molar-refractivity contribution in [3.8, 4) is 16.9 Å². The molecule has 0 saturated carbocycles. The van der Waals surface area contributed by atoms with Gasteiger partial charge >= 0.3 is 29.6 Å². The van der Waals surface area contributed by atoms with Gasteiger partial charge in [-0.1, -0.05) is 49.7 Å². The van der Waals surface area contributed by atoms with Crippen molar-refractivity contribution in [2.24, 2.45) is 0 Å². The van der Waals surface area contributed by atoms with Gasteiger partial charge in [0.1, 0.15) is 20.8 Å². The Hall–Kier alpha value is -0.850. The van der Waals surface area contributed by atoms with Crippen LogP contribution in [0.5, 0.6) is 5.75 Å². The van der Waals surface area contributed by atoms with Crippen LogP contribution in [-0.4, -0.2) is 18.1 Å². The van der Waals surface area contributed by atoms with Crippen molar-refractivity contribution < 1.29 is 47.6 Å². The van der Waals surface area contributed by atoms with E-state index >= 15 is 0 Å². The van der Waals surface area contributed by atoms with Crippen molar-refractivity contribution in [1.82, 2.24) is 0 Å². The molecule has 0 saturated heterocycles. The van der Waals surface area contributed by atoms with Gasteiger partial charge < -0.3 is 9.66 Å². The Balaban J connectivity index is 0.00000242. The summed E-state index contributed by atoms with van der Waals surface area (Å²) < 4.78 is 34.4. The number of aryl methyl sites for hydroxylation is 1. The van der Waals surface area contributed by atoms with Crippen LogP contribution in [0.3, 0.4) is 0 Å². The molecule has 0 aliphatic carbocycles. The number of phenols is 1. The smallest absolute Gasteiger partial charge is 0.744 e. The number of unbranched alkanes of at least 4 members (excludes halogenated alkanes) is 1. The molecule has 0 heterocycles. The summed E-state index contributed by atoms with van der Waals surface area (Å²) in [5.74, 6) is -0.507. The van der Waals surface area contributed by atoms with Gasteiger partial charge in [0.2, 0.25) is 0 Å². The molecule has 0 spiro atoms. The maximum Gasteiger partial charge on any atom is 1.00 e.